The molecule has 36 heavy (non-hydrogen) atoms. The van der Waals surface area contributed by atoms with Crippen LogP contribution in [-0.2, 0) is 17.8 Å². The Morgan fingerprint density at radius 2 is 1.83 bits per heavy atom. The van der Waals surface area contributed by atoms with Gasteiger partial charge in [0.2, 0.25) is 11.9 Å². The smallest absolute Gasteiger partial charge is 0.273 e. The lowest BCUT2D eigenvalue weighted by Gasteiger charge is -2.34. The highest BCUT2D eigenvalue weighted by Gasteiger charge is 2.37. The van der Waals surface area contributed by atoms with Crippen molar-refractivity contribution in [2.24, 2.45) is 5.92 Å². The van der Waals surface area contributed by atoms with Crippen molar-refractivity contribution in [2.45, 2.75) is 53.1 Å². The first-order valence-electron chi connectivity index (χ1n) is 12.7. The third kappa shape index (κ3) is 4.92. The highest BCUT2D eigenvalue weighted by molar-refractivity contribution is 6.05. The molecule has 0 bridgehead atoms. The lowest BCUT2D eigenvalue weighted by molar-refractivity contribution is -0.129. The summed E-state index contributed by atoms with van der Waals surface area (Å²) < 4.78 is 5.55. The van der Waals surface area contributed by atoms with Crippen molar-refractivity contribution in [2.75, 3.05) is 38.2 Å². The van der Waals surface area contributed by atoms with Crippen LogP contribution in [-0.4, -0.2) is 76.6 Å². The summed E-state index contributed by atoms with van der Waals surface area (Å²) in [5.74, 6) is 1.12. The van der Waals surface area contributed by atoms with Crippen LogP contribution in [0.1, 0.15) is 61.4 Å². The summed E-state index contributed by atoms with van der Waals surface area (Å²) in [5, 5.41) is 9.24. The lowest BCUT2D eigenvalue weighted by atomic mass is 9.89. The molecule has 1 aromatic heterocycles. The van der Waals surface area contributed by atoms with E-state index in [0.29, 0.717) is 62.2 Å². The summed E-state index contributed by atoms with van der Waals surface area (Å²) in [6.45, 7) is 10.4. The summed E-state index contributed by atoms with van der Waals surface area (Å²) in [6.07, 6.45) is 1.40. The topological polar surface area (TPSA) is 103 Å². The molecule has 9 nitrogen and oxygen atoms in total. The van der Waals surface area contributed by atoms with Gasteiger partial charge in [-0.15, -0.1) is 0 Å². The van der Waals surface area contributed by atoms with E-state index >= 15 is 0 Å². The number of nitrogens with zero attached hydrogens (tertiary/aromatic N) is 5. The summed E-state index contributed by atoms with van der Waals surface area (Å²) in [5.41, 5.74) is 3.16. The molecule has 1 aromatic carbocycles. The Labute approximate surface area is 213 Å². The second-order valence-electron chi connectivity index (χ2n) is 9.75. The third-order valence-corrected chi connectivity index (χ3v) is 7.23. The summed E-state index contributed by atoms with van der Waals surface area (Å²) in [7, 11) is 1.66. The van der Waals surface area contributed by atoms with Crippen LogP contribution in [0.15, 0.2) is 24.3 Å². The van der Waals surface area contributed by atoms with Gasteiger partial charge in [-0.1, -0.05) is 25.1 Å². The SMILES string of the molecule is CCC(Cc1ccccc1OC)C(=N)c1nc(N2CCN(C(C)=O)CC2)nc2c1CN(C(C)C)C2=O. The van der Waals surface area contributed by atoms with Gasteiger partial charge < -0.3 is 24.8 Å². The van der Waals surface area contributed by atoms with Crippen molar-refractivity contribution in [1.29, 1.82) is 5.41 Å². The quantitative estimate of drug-likeness (QED) is 0.568. The number of rotatable bonds is 8. The first-order valence-corrected chi connectivity index (χ1v) is 12.7. The minimum absolute atomic E-state index is 0.0202. The molecule has 9 heteroatoms. The van der Waals surface area contributed by atoms with Gasteiger partial charge in [-0.2, -0.15) is 0 Å². The molecule has 3 heterocycles. The molecule has 2 amide bonds. The van der Waals surface area contributed by atoms with Gasteiger partial charge in [-0.25, -0.2) is 9.97 Å². The molecule has 192 valence electrons. The number of hydrogen-bond acceptors (Lipinski definition) is 7. The molecule has 1 N–H and O–H groups in total. The summed E-state index contributed by atoms with van der Waals surface area (Å²) in [4.78, 5) is 40.3. The molecule has 2 aliphatic rings. The van der Waals surface area contributed by atoms with Crippen LogP contribution < -0.4 is 9.64 Å². The number of nitrogens with one attached hydrogen (secondary N) is 1. The summed E-state index contributed by atoms with van der Waals surface area (Å²) in [6, 6.07) is 7.91. The molecule has 0 saturated carbocycles. The van der Waals surface area contributed by atoms with Crippen molar-refractivity contribution >= 4 is 23.5 Å². The molecule has 1 unspecified atom stereocenters. The van der Waals surface area contributed by atoms with E-state index in [1.807, 2.05) is 43.0 Å². The van der Waals surface area contributed by atoms with Crippen molar-refractivity contribution in [1.82, 2.24) is 19.8 Å². The van der Waals surface area contributed by atoms with Gasteiger partial charge in [0.1, 0.15) is 11.4 Å². The monoisotopic (exact) mass is 492 g/mol. The van der Waals surface area contributed by atoms with Crippen LogP contribution in [0.4, 0.5) is 5.95 Å². The highest BCUT2D eigenvalue weighted by atomic mass is 16.5. The van der Waals surface area contributed by atoms with Crippen molar-refractivity contribution < 1.29 is 14.3 Å². The van der Waals surface area contributed by atoms with Gasteiger partial charge in [-0.3, -0.25) is 9.59 Å². The molecule has 0 radical (unpaired) electrons. The number of benzene rings is 1. The van der Waals surface area contributed by atoms with Gasteiger partial charge >= 0.3 is 0 Å². The average molecular weight is 493 g/mol. The Bertz CT molecular complexity index is 1160. The van der Waals surface area contributed by atoms with E-state index in [-0.39, 0.29) is 23.8 Å². The zero-order valence-electron chi connectivity index (χ0n) is 21.9. The minimum Gasteiger partial charge on any atom is -0.496 e. The van der Waals surface area contributed by atoms with Crippen LogP contribution in [0.25, 0.3) is 0 Å². The molecular formula is C27H36N6O3. The third-order valence-electron chi connectivity index (χ3n) is 7.23. The van der Waals surface area contributed by atoms with E-state index in [9.17, 15) is 15.0 Å². The standard InChI is InChI=1S/C27H36N6O3/c1-6-19(15-20-9-7-8-10-22(20)36-5)23(28)24-21-16-33(17(2)3)26(35)25(21)30-27(29-24)32-13-11-31(12-14-32)18(4)34/h7-10,17,19,28H,6,11-16H2,1-5H3. The normalized spacial score (nSPS) is 16.4. The number of fused-ring (bicyclic) bond motifs is 1. The van der Waals surface area contributed by atoms with E-state index in [2.05, 4.69) is 6.92 Å². The average Bonchev–Trinajstić information content (AvgIpc) is 3.23. The molecule has 2 aromatic rings. The highest BCUT2D eigenvalue weighted by Crippen LogP contribution is 2.31. The van der Waals surface area contributed by atoms with Crippen LogP contribution in [0.5, 0.6) is 5.75 Å². The Hall–Kier alpha value is -3.49. The van der Waals surface area contributed by atoms with E-state index in [0.717, 1.165) is 23.3 Å². The lowest BCUT2D eigenvalue weighted by Crippen LogP contribution is -2.48. The molecule has 1 saturated heterocycles. The predicted molar refractivity (Wildman–Crippen MR) is 139 cm³/mol. The number of ether oxygens (including phenoxy) is 1. The van der Waals surface area contributed by atoms with Gasteiger partial charge in [0.15, 0.2) is 0 Å². The van der Waals surface area contributed by atoms with Gasteiger partial charge in [0, 0.05) is 50.6 Å². The number of methoxy groups -OCH3 is 1. The molecule has 0 spiro atoms. The maximum absolute atomic E-state index is 13.3. The predicted octanol–water partition coefficient (Wildman–Crippen LogP) is 3.15. The van der Waals surface area contributed by atoms with Crippen molar-refractivity contribution in [3.63, 3.8) is 0 Å². The van der Waals surface area contributed by atoms with E-state index < -0.39 is 0 Å². The van der Waals surface area contributed by atoms with E-state index in [4.69, 9.17) is 14.7 Å². The van der Waals surface area contributed by atoms with Crippen LogP contribution >= 0.6 is 0 Å². The fraction of sp³-hybridized carbons (Fsp3) is 0.519. The Morgan fingerprint density at radius 1 is 1.14 bits per heavy atom. The molecule has 1 fully saturated rings. The molecule has 1 atom stereocenters. The Morgan fingerprint density at radius 3 is 2.44 bits per heavy atom. The molecule has 2 aliphatic heterocycles. The number of para-hydroxylation sites is 1. The van der Waals surface area contributed by atoms with Gasteiger partial charge in [0.05, 0.1) is 25.1 Å². The fourth-order valence-corrected chi connectivity index (χ4v) is 4.96. The second-order valence-corrected chi connectivity index (χ2v) is 9.75. The van der Waals surface area contributed by atoms with Crippen LogP contribution in [0.2, 0.25) is 0 Å². The van der Waals surface area contributed by atoms with E-state index in [1.165, 1.54) is 0 Å². The number of hydrogen-bond donors (Lipinski definition) is 1. The maximum Gasteiger partial charge on any atom is 0.273 e. The number of aromatic nitrogens is 2. The van der Waals surface area contributed by atoms with Crippen LogP contribution in [0, 0.1) is 11.3 Å². The number of amides is 2. The van der Waals surface area contributed by atoms with Crippen molar-refractivity contribution in [3.8, 4) is 5.75 Å². The van der Waals surface area contributed by atoms with Crippen LogP contribution in [0.3, 0.4) is 0 Å². The molecule has 0 aliphatic carbocycles. The fourth-order valence-electron chi connectivity index (χ4n) is 4.96. The van der Waals surface area contributed by atoms with E-state index in [1.54, 1.807) is 23.8 Å². The number of anilines is 1. The molecule has 4 rings (SSSR count). The minimum atomic E-state index is -0.113. The summed E-state index contributed by atoms with van der Waals surface area (Å²) >= 11 is 0. The zero-order chi connectivity index (χ0) is 26.0. The molecular weight excluding hydrogens is 456 g/mol. The number of carbonyl (C=O) groups is 2. The Balaban J connectivity index is 1.70. The van der Waals surface area contributed by atoms with Gasteiger partial charge in [-0.05, 0) is 38.3 Å². The first kappa shape index (κ1) is 25.6. The maximum atomic E-state index is 13.3. The largest absolute Gasteiger partial charge is 0.496 e. The second kappa shape index (κ2) is 10.6. The van der Waals surface area contributed by atoms with Gasteiger partial charge in [0.25, 0.3) is 5.91 Å². The first-order chi connectivity index (χ1) is 17.2. The Kier molecular flexibility index (Phi) is 7.56. The number of piperazine rings is 1. The number of carbonyl (C=O) groups excluding carboxylic acids is 2. The van der Waals surface area contributed by atoms with Crippen molar-refractivity contribution in [3.05, 3.63) is 46.8 Å². The zero-order valence-corrected chi connectivity index (χ0v) is 21.9.